The predicted octanol–water partition coefficient (Wildman–Crippen LogP) is 3.06. The molecule has 3 rings (SSSR count). The number of nitriles is 1. The molecule has 2 aromatic rings. The zero-order valence-electron chi connectivity index (χ0n) is 14.2. The number of aryl methyl sites for hydroxylation is 1. The van der Waals surface area contributed by atoms with Crippen LogP contribution in [0.3, 0.4) is 0 Å². The van der Waals surface area contributed by atoms with Crippen LogP contribution in [-0.4, -0.2) is 35.9 Å². The van der Waals surface area contributed by atoms with Crippen LogP contribution in [0.25, 0.3) is 10.9 Å². The Kier molecular flexibility index (Phi) is 5.90. The van der Waals surface area contributed by atoms with Crippen molar-refractivity contribution in [3.8, 4) is 6.07 Å². The lowest BCUT2D eigenvalue weighted by Gasteiger charge is -2.11. The third kappa shape index (κ3) is 4.50. The molecule has 6 heteroatoms. The van der Waals surface area contributed by atoms with Gasteiger partial charge in [0.05, 0.1) is 22.9 Å². The van der Waals surface area contributed by atoms with Crippen LogP contribution in [0.15, 0.2) is 29.3 Å². The molecule has 0 saturated carbocycles. The van der Waals surface area contributed by atoms with Crippen LogP contribution in [-0.2, 0) is 16.0 Å². The van der Waals surface area contributed by atoms with E-state index < -0.39 is 0 Å². The molecule has 1 aromatic heterocycles. The van der Waals surface area contributed by atoms with E-state index in [2.05, 4.69) is 29.4 Å². The number of nitrogens with zero attached hydrogens (tertiary/aromatic N) is 2. The van der Waals surface area contributed by atoms with E-state index in [4.69, 9.17) is 4.74 Å². The summed E-state index contributed by atoms with van der Waals surface area (Å²) in [5, 5.41) is 13.8. The number of rotatable bonds is 6. The van der Waals surface area contributed by atoms with Crippen LogP contribution in [0.4, 0.5) is 0 Å². The third-order valence-corrected chi connectivity index (χ3v) is 5.25. The van der Waals surface area contributed by atoms with Crippen LogP contribution < -0.4 is 5.32 Å². The highest BCUT2D eigenvalue weighted by atomic mass is 32.2. The second-order valence-electron chi connectivity index (χ2n) is 6.06. The molecule has 5 nitrogen and oxygen atoms in total. The number of amides is 1. The smallest absolute Gasteiger partial charge is 0.230 e. The zero-order valence-corrected chi connectivity index (χ0v) is 15.1. The van der Waals surface area contributed by atoms with Crippen molar-refractivity contribution in [2.75, 3.05) is 18.9 Å². The van der Waals surface area contributed by atoms with Crippen molar-refractivity contribution in [1.29, 1.82) is 5.26 Å². The second kappa shape index (κ2) is 8.32. The number of carbonyl (C=O) groups is 1. The molecule has 1 saturated heterocycles. The standard InChI is InChI=1S/C19H21N3O2S/c1-2-13-5-6-17-14(8-13)9-15(10-20)19(22-17)25-12-18(23)21-11-16-4-3-7-24-16/h5-6,8-9,16H,2-4,7,11-12H2,1H3,(H,21,23)/t16-/m0/s1. The maximum Gasteiger partial charge on any atom is 0.230 e. The minimum absolute atomic E-state index is 0.0624. The molecule has 1 atom stereocenters. The van der Waals surface area contributed by atoms with E-state index in [1.165, 1.54) is 17.3 Å². The number of pyridine rings is 1. The summed E-state index contributed by atoms with van der Waals surface area (Å²) in [5.41, 5.74) is 2.57. The summed E-state index contributed by atoms with van der Waals surface area (Å²) < 4.78 is 5.49. The lowest BCUT2D eigenvalue weighted by molar-refractivity contribution is -0.119. The van der Waals surface area contributed by atoms with Gasteiger partial charge in [0.25, 0.3) is 0 Å². The molecule has 0 bridgehead atoms. The molecule has 1 aliphatic rings. The maximum atomic E-state index is 12.0. The number of benzene rings is 1. The number of fused-ring (bicyclic) bond motifs is 1. The van der Waals surface area contributed by atoms with Crippen molar-refractivity contribution in [3.05, 3.63) is 35.4 Å². The summed E-state index contributed by atoms with van der Waals surface area (Å²) in [6, 6.07) is 10.1. The van der Waals surface area contributed by atoms with Crippen LogP contribution in [0.5, 0.6) is 0 Å². The van der Waals surface area contributed by atoms with E-state index >= 15 is 0 Å². The highest BCUT2D eigenvalue weighted by Gasteiger charge is 2.16. The molecular formula is C19H21N3O2S. The van der Waals surface area contributed by atoms with Gasteiger partial charge in [0, 0.05) is 18.5 Å². The fourth-order valence-electron chi connectivity index (χ4n) is 2.84. The van der Waals surface area contributed by atoms with Gasteiger partial charge in [0.1, 0.15) is 11.1 Å². The number of thioether (sulfide) groups is 1. The summed E-state index contributed by atoms with van der Waals surface area (Å²) >= 11 is 1.30. The molecule has 0 radical (unpaired) electrons. The van der Waals surface area contributed by atoms with Gasteiger partial charge in [-0.05, 0) is 43.0 Å². The van der Waals surface area contributed by atoms with Crippen LogP contribution in [0.1, 0.15) is 30.9 Å². The Labute approximate surface area is 151 Å². The van der Waals surface area contributed by atoms with E-state index in [9.17, 15) is 10.1 Å². The van der Waals surface area contributed by atoms with Crippen molar-refractivity contribution in [1.82, 2.24) is 10.3 Å². The zero-order chi connectivity index (χ0) is 17.6. The van der Waals surface area contributed by atoms with Gasteiger partial charge in [-0.1, -0.05) is 24.8 Å². The summed E-state index contributed by atoms with van der Waals surface area (Å²) in [5.74, 6) is 0.181. The molecule has 0 spiro atoms. The van der Waals surface area contributed by atoms with E-state index in [0.29, 0.717) is 17.1 Å². The summed E-state index contributed by atoms with van der Waals surface area (Å²) in [6.45, 7) is 3.43. The first-order valence-electron chi connectivity index (χ1n) is 8.54. The summed E-state index contributed by atoms with van der Waals surface area (Å²) in [4.78, 5) is 16.6. The Morgan fingerprint density at radius 1 is 1.48 bits per heavy atom. The first-order chi connectivity index (χ1) is 12.2. The Morgan fingerprint density at radius 2 is 2.36 bits per heavy atom. The number of hydrogen-bond acceptors (Lipinski definition) is 5. The number of hydrogen-bond donors (Lipinski definition) is 1. The second-order valence-corrected chi connectivity index (χ2v) is 7.03. The lowest BCUT2D eigenvalue weighted by atomic mass is 10.1. The Hall–Kier alpha value is -2.10. The molecule has 1 aromatic carbocycles. The topological polar surface area (TPSA) is 75.0 Å². The average Bonchev–Trinajstić information content (AvgIpc) is 3.17. The molecule has 1 aliphatic heterocycles. The number of carbonyl (C=O) groups excluding carboxylic acids is 1. The Morgan fingerprint density at radius 3 is 3.08 bits per heavy atom. The fourth-order valence-corrected chi connectivity index (χ4v) is 3.63. The summed E-state index contributed by atoms with van der Waals surface area (Å²) in [7, 11) is 0. The normalized spacial score (nSPS) is 16.7. The van der Waals surface area contributed by atoms with Crippen LogP contribution in [0, 0.1) is 11.3 Å². The highest BCUT2D eigenvalue weighted by molar-refractivity contribution is 8.00. The maximum absolute atomic E-state index is 12.0. The average molecular weight is 355 g/mol. The fraction of sp³-hybridized carbons (Fsp3) is 0.421. The molecule has 0 unspecified atom stereocenters. The van der Waals surface area contributed by atoms with Gasteiger partial charge in [-0.25, -0.2) is 4.98 Å². The van der Waals surface area contributed by atoms with Crippen molar-refractivity contribution in [2.45, 2.75) is 37.3 Å². The van der Waals surface area contributed by atoms with Gasteiger partial charge in [-0.2, -0.15) is 5.26 Å². The van der Waals surface area contributed by atoms with Crippen molar-refractivity contribution >= 4 is 28.6 Å². The molecule has 0 aliphatic carbocycles. The van der Waals surface area contributed by atoms with Gasteiger partial charge in [-0.3, -0.25) is 4.79 Å². The largest absolute Gasteiger partial charge is 0.376 e. The van der Waals surface area contributed by atoms with Crippen LogP contribution >= 0.6 is 11.8 Å². The van der Waals surface area contributed by atoms with Gasteiger partial charge in [0.2, 0.25) is 5.91 Å². The monoisotopic (exact) mass is 355 g/mol. The SMILES string of the molecule is CCc1ccc2nc(SCC(=O)NC[C@@H]3CCCO3)c(C#N)cc2c1. The van der Waals surface area contributed by atoms with Crippen molar-refractivity contribution in [2.24, 2.45) is 0 Å². The number of nitrogens with one attached hydrogen (secondary N) is 1. The molecule has 130 valence electrons. The first kappa shape index (κ1) is 17.7. The van der Waals surface area contributed by atoms with Gasteiger partial charge >= 0.3 is 0 Å². The Bertz CT molecular complexity index is 810. The van der Waals surface area contributed by atoms with E-state index in [-0.39, 0.29) is 17.8 Å². The molecule has 2 heterocycles. The van der Waals surface area contributed by atoms with E-state index in [0.717, 1.165) is 36.8 Å². The molecule has 1 amide bonds. The van der Waals surface area contributed by atoms with Crippen molar-refractivity contribution < 1.29 is 9.53 Å². The highest BCUT2D eigenvalue weighted by Crippen LogP contribution is 2.25. The molecular weight excluding hydrogens is 334 g/mol. The minimum atomic E-state index is -0.0624. The predicted molar refractivity (Wildman–Crippen MR) is 98.5 cm³/mol. The minimum Gasteiger partial charge on any atom is -0.376 e. The Balaban J connectivity index is 1.65. The number of aromatic nitrogens is 1. The quantitative estimate of drug-likeness (QED) is 0.806. The van der Waals surface area contributed by atoms with Gasteiger partial charge in [-0.15, -0.1) is 0 Å². The van der Waals surface area contributed by atoms with Crippen LogP contribution in [0.2, 0.25) is 0 Å². The van der Waals surface area contributed by atoms with E-state index in [1.807, 2.05) is 18.2 Å². The summed E-state index contributed by atoms with van der Waals surface area (Å²) in [6.07, 6.45) is 3.13. The first-order valence-corrected chi connectivity index (χ1v) is 9.53. The lowest BCUT2D eigenvalue weighted by Crippen LogP contribution is -2.32. The number of ether oxygens (including phenoxy) is 1. The van der Waals surface area contributed by atoms with E-state index in [1.54, 1.807) is 0 Å². The molecule has 25 heavy (non-hydrogen) atoms. The van der Waals surface area contributed by atoms with Crippen molar-refractivity contribution in [3.63, 3.8) is 0 Å². The third-order valence-electron chi connectivity index (χ3n) is 4.26. The molecule has 1 N–H and O–H groups in total. The van der Waals surface area contributed by atoms with Gasteiger partial charge < -0.3 is 10.1 Å². The van der Waals surface area contributed by atoms with Gasteiger partial charge in [0.15, 0.2) is 0 Å². The molecule has 1 fully saturated rings.